The molecule has 67 heavy (non-hydrogen) atoms. The van der Waals surface area contributed by atoms with Gasteiger partial charge in [0.05, 0.1) is 29.8 Å². The molecule has 0 bridgehead atoms. The number of aromatic nitrogens is 1. The van der Waals surface area contributed by atoms with Crippen molar-refractivity contribution in [2.75, 3.05) is 40.0 Å². The monoisotopic (exact) mass is 945 g/mol. The maximum atomic E-state index is 15.4. The first-order valence-corrected chi connectivity index (χ1v) is 26.6. The Kier molecular flexibility index (Phi) is 20.1. The highest BCUT2D eigenvalue weighted by Crippen LogP contribution is 2.62. The summed E-state index contributed by atoms with van der Waals surface area (Å²) in [7, 11) is -2.79. The Labute approximate surface area is 399 Å². The first kappa shape index (κ1) is 52.0. The summed E-state index contributed by atoms with van der Waals surface area (Å²) >= 11 is 0. The van der Waals surface area contributed by atoms with Crippen LogP contribution in [-0.4, -0.2) is 91.6 Å². The number of sulfonamides is 1. The fraction of sp³-hybridized carbons (Fsp3) is 0.604. The average molecular weight is 945 g/mol. The summed E-state index contributed by atoms with van der Waals surface area (Å²) in [6.07, 6.45) is 21.9. The number of nitrogens with zero attached hydrogens (tertiary/aromatic N) is 3. The Balaban J connectivity index is 1.41. The molecule has 3 aromatic rings. The summed E-state index contributed by atoms with van der Waals surface area (Å²) in [5, 5.41) is 28.2. The minimum Gasteiger partial charge on any atom is -0.460 e. The van der Waals surface area contributed by atoms with Crippen molar-refractivity contribution in [3.8, 4) is 11.5 Å². The van der Waals surface area contributed by atoms with Gasteiger partial charge in [-0.2, -0.15) is 4.31 Å². The van der Waals surface area contributed by atoms with E-state index in [0.717, 1.165) is 56.1 Å². The second-order valence-corrected chi connectivity index (χ2v) is 20.3. The topological polar surface area (TPSA) is 169 Å². The lowest BCUT2D eigenvalue weighted by atomic mass is 9.55. The van der Waals surface area contributed by atoms with Gasteiger partial charge in [-0.1, -0.05) is 120 Å². The number of rotatable bonds is 29. The Morgan fingerprint density at radius 3 is 2.36 bits per heavy atom. The molecule has 2 aromatic carbocycles. The van der Waals surface area contributed by atoms with Crippen LogP contribution >= 0.6 is 0 Å². The second kappa shape index (κ2) is 25.9. The number of benzene rings is 2. The molecule has 14 heteroatoms. The van der Waals surface area contributed by atoms with Gasteiger partial charge in [-0.15, -0.1) is 6.58 Å². The molecule has 1 fully saturated rings. The van der Waals surface area contributed by atoms with E-state index in [0.29, 0.717) is 53.9 Å². The Bertz CT molecular complexity index is 2230. The van der Waals surface area contributed by atoms with E-state index in [9.17, 15) is 15.0 Å². The van der Waals surface area contributed by atoms with Crippen molar-refractivity contribution < 1.29 is 42.5 Å². The van der Waals surface area contributed by atoms with Gasteiger partial charge in [0, 0.05) is 55.8 Å². The molecule has 1 aliphatic heterocycles. The number of hydrogen-bond acceptors (Lipinski definition) is 11. The van der Waals surface area contributed by atoms with Crippen LogP contribution in [0, 0.1) is 17.8 Å². The number of hydrogen-bond donors (Lipinski definition) is 3. The molecule has 6 atom stereocenters. The number of para-hydroxylation sites is 1. The van der Waals surface area contributed by atoms with Crippen LogP contribution in [0.1, 0.15) is 141 Å². The van der Waals surface area contributed by atoms with Gasteiger partial charge in [-0.25, -0.2) is 13.2 Å². The van der Waals surface area contributed by atoms with Gasteiger partial charge in [0.2, 0.25) is 15.8 Å². The highest BCUT2D eigenvalue weighted by atomic mass is 32.2. The van der Waals surface area contributed by atoms with Crippen molar-refractivity contribution >= 4 is 32.7 Å². The Morgan fingerprint density at radius 1 is 0.940 bits per heavy atom. The largest absolute Gasteiger partial charge is 0.460 e. The fourth-order valence-corrected chi connectivity index (χ4v) is 12.7. The number of amides is 1. The quantitative estimate of drug-likeness (QED) is 0.0346. The predicted octanol–water partition coefficient (Wildman–Crippen LogP) is 10.6. The van der Waals surface area contributed by atoms with Crippen LogP contribution < -0.4 is 14.8 Å². The molecule has 3 aliphatic rings. The zero-order chi connectivity index (χ0) is 47.7. The molecule has 6 rings (SSSR count). The third-order valence-electron chi connectivity index (χ3n) is 13.8. The number of ether oxygens (including phenoxy) is 3. The lowest BCUT2D eigenvalue weighted by molar-refractivity contribution is -0.251. The number of carbonyl (C=O) groups is 1. The smallest absolute Gasteiger partial charge is 0.412 e. The third kappa shape index (κ3) is 12.5. The minimum atomic E-state index is -4.29. The summed E-state index contributed by atoms with van der Waals surface area (Å²) in [5.41, 5.74) is 2.63. The Hall–Kier alpha value is -4.34. The van der Waals surface area contributed by atoms with Crippen molar-refractivity contribution in [3.63, 3.8) is 0 Å². The van der Waals surface area contributed by atoms with Crippen LogP contribution in [0.15, 0.2) is 89.1 Å². The van der Waals surface area contributed by atoms with Gasteiger partial charge in [-0.05, 0) is 86.3 Å². The molecule has 3 N–H and O–H groups in total. The van der Waals surface area contributed by atoms with Crippen molar-refractivity contribution in [3.05, 3.63) is 84.6 Å². The number of pyridine rings is 1. The van der Waals surface area contributed by atoms with Crippen LogP contribution in [0.2, 0.25) is 0 Å². The number of aliphatic hydroxyl groups excluding tert-OH is 2. The molecule has 1 amide bonds. The van der Waals surface area contributed by atoms with E-state index < -0.39 is 33.9 Å². The van der Waals surface area contributed by atoms with Gasteiger partial charge in [0.1, 0.15) is 23.5 Å². The predicted molar refractivity (Wildman–Crippen MR) is 264 cm³/mol. The van der Waals surface area contributed by atoms with Crippen molar-refractivity contribution in [2.24, 2.45) is 22.9 Å². The van der Waals surface area contributed by atoms with Crippen LogP contribution in [0.3, 0.4) is 0 Å². The maximum absolute atomic E-state index is 15.4. The van der Waals surface area contributed by atoms with Crippen molar-refractivity contribution in [2.45, 2.75) is 152 Å². The minimum absolute atomic E-state index is 0.00863. The van der Waals surface area contributed by atoms with E-state index in [4.69, 9.17) is 19.0 Å². The number of oxime groups is 1. The van der Waals surface area contributed by atoms with Crippen LogP contribution in [0.25, 0.3) is 10.9 Å². The van der Waals surface area contributed by atoms with E-state index in [1.165, 1.54) is 56.4 Å². The molecule has 2 aliphatic carbocycles. The van der Waals surface area contributed by atoms with E-state index in [-0.39, 0.29) is 55.4 Å². The van der Waals surface area contributed by atoms with Crippen LogP contribution in [0.5, 0.6) is 11.5 Å². The highest BCUT2D eigenvalue weighted by Gasteiger charge is 2.66. The molecule has 368 valence electrons. The van der Waals surface area contributed by atoms with Crippen LogP contribution in [0.4, 0.5) is 4.79 Å². The van der Waals surface area contributed by atoms with Gasteiger partial charge in [-0.3, -0.25) is 4.98 Å². The number of aliphatic hydroxyl groups is 2. The molecule has 1 aromatic heterocycles. The molecule has 13 nitrogen and oxygen atoms in total. The summed E-state index contributed by atoms with van der Waals surface area (Å²) in [6, 6.07) is 13.3. The molecular formula is C53H76N4O9S. The number of fused-ring (bicyclic) bond motifs is 3. The summed E-state index contributed by atoms with van der Waals surface area (Å²) < 4.78 is 52.7. The van der Waals surface area contributed by atoms with E-state index in [2.05, 4.69) is 35.0 Å². The number of carbonyl (C=O) groups excluding carboxylic acids is 1. The van der Waals surface area contributed by atoms with E-state index in [1.54, 1.807) is 36.5 Å². The van der Waals surface area contributed by atoms with E-state index in [1.807, 2.05) is 31.2 Å². The maximum Gasteiger partial charge on any atom is 0.412 e. The lowest BCUT2D eigenvalue weighted by Crippen LogP contribution is -2.70. The molecule has 0 radical (unpaired) electrons. The highest BCUT2D eigenvalue weighted by molar-refractivity contribution is 7.89. The van der Waals surface area contributed by atoms with Gasteiger partial charge in [0.25, 0.3) is 0 Å². The van der Waals surface area contributed by atoms with Gasteiger partial charge < -0.3 is 34.6 Å². The van der Waals surface area contributed by atoms with Crippen molar-refractivity contribution in [1.82, 2.24) is 14.6 Å². The first-order chi connectivity index (χ1) is 32.7. The SMILES string of the molecule is C=CCOC12Oc3ccc(OC(=O)NCCCCCCCCCCCC)cc3C3C(CCCCO)C(CCCCO)C=C(C(=NOC)CC1N(CCC)S(=O)(=O)c1cccc4cccnc14)C32. The van der Waals surface area contributed by atoms with E-state index >= 15 is 8.42 Å². The first-order valence-electron chi connectivity index (χ1n) is 25.1. The number of nitrogens with one attached hydrogen (secondary N) is 1. The molecular weight excluding hydrogens is 869 g/mol. The zero-order valence-corrected chi connectivity index (χ0v) is 41.0. The van der Waals surface area contributed by atoms with Crippen molar-refractivity contribution in [1.29, 1.82) is 0 Å². The zero-order valence-electron chi connectivity index (χ0n) is 40.2. The standard InChI is InChI=1S/C53H76N4O9S/c1-5-8-9-10-11-12-13-14-15-18-30-55-52(60)65-41-28-29-46-44(37-41)49-42(26-17-20-34-59)40(23-16-19-33-58)36-43-45(56-63-4)38-48(53(66-46,50(43)49)64-35-7-3)57(32-6-2)67(61,62)47-27-21-24-39-25-22-31-54-51(39)47/h7,21-22,24-25,27-29,31,36-37,40,42,48-50,58-59H,3,5-6,8-20,23,26,30,32-35,38H2,1-2,4H3,(H,55,60). The molecule has 6 unspecified atom stereocenters. The molecule has 1 saturated carbocycles. The molecule has 2 heterocycles. The average Bonchev–Trinajstić information content (AvgIpc) is 3.33. The summed E-state index contributed by atoms with van der Waals surface area (Å²) in [5.74, 6) is -1.72. The summed E-state index contributed by atoms with van der Waals surface area (Å²) in [4.78, 5) is 23.6. The second-order valence-electron chi connectivity index (χ2n) is 18.4. The summed E-state index contributed by atoms with van der Waals surface area (Å²) in [6.45, 7) is 9.05. The fourth-order valence-electron chi connectivity index (χ4n) is 10.8. The van der Waals surface area contributed by atoms with Crippen LogP contribution in [-0.2, 0) is 19.6 Å². The van der Waals surface area contributed by atoms with Gasteiger partial charge >= 0.3 is 6.09 Å². The molecule has 0 saturated heterocycles. The Morgan fingerprint density at radius 2 is 1.66 bits per heavy atom. The van der Waals surface area contributed by atoms with Gasteiger partial charge in [0.15, 0.2) is 0 Å². The number of unbranched alkanes of at least 4 members (excludes halogenated alkanes) is 11. The molecule has 0 spiro atoms. The normalized spacial score (nSPS) is 22.7. The lowest BCUT2D eigenvalue weighted by Gasteiger charge is -2.59. The third-order valence-corrected chi connectivity index (χ3v) is 15.8. The number of allylic oxidation sites excluding steroid dienone is 1.